The molecule has 0 spiro atoms. The number of anilines is 1. The predicted octanol–water partition coefficient (Wildman–Crippen LogP) is 3.99. The maximum absolute atomic E-state index is 12.7. The molecule has 0 unspecified atom stereocenters. The Bertz CT molecular complexity index is 1030. The summed E-state index contributed by atoms with van der Waals surface area (Å²) in [7, 11) is 0. The van der Waals surface area contributed by atoms with Crippen LogP contribution in [0, 0.1) is 13.8 Å². The Hall–Kier alpha value is -3.19. The van der Waals surface area contributed by atoms with Crippen LogP contribution < -0.4 is 5.32 Å². The van der Waals surface area contributed by atoms with Gasteiger partial charge in [0.2, 0.25) is 0 Å². The molecule has 4 aromatic rings. The molecule has 1 aromatic carbocycles. The molecule has 0 aliphatic rings. The molecule has 7 heteroatoms. The number of hydrogen-bond acceptors (Lipinski definition) is 4. The highest BCUT2D eigenvalue weighted by molar-refractivity contribution is 7.12. The fraction of sp³-hybridized carbons (Fsp3) is 0.105. The minimum absolute atomic E-state index is 0.128. The molecule has 1 amide bonds. The summed E-state index contributed by atoms with van der Waals surface area (Å²) in [5, 5.41) is 5.75. The number of aromatic nitrogens is 4. The van der Waals surface area contributed by atoms with E-state index in [1.165, 1.54) is 0 Å². The van der Waals surface area contributed by atoms with Gasteiger partial charge in [0.15, 0.2) is 5.13 Å². The zero-order valence-corrected chi connectivity index (χ0v) is 15.2. The molecule has 3 aromatic heterocycles. The first-order valence-electron chi connectivity index (χ1n) is 8.12. The zero-order chi connectivity index (χ0) is 18.1. The molecule has 3 heterocycles. The fourth-order valence-electron chi connectivity index (χ4n) is 2.94. The summed E-state index contributed by atoms with van der Waals surface area (Å²) in [4.78, 5) is 21.1. The van der Waals surface area contributed by atoms with Gasteiger partial charge in [-0.1, -0.05) is 0 Å². The molecular formula is C19H17N5OS. The molecule has 26 heavy (non-hydrogen) atoms. The van der Waals surface area contributed by atoms with Gasteiger partial charge < -0.3 is 9.88 Å². The van der Waals surface area contributed by atoms with Crippen molar-refractivity contribution in [1.82, 2.24) is 19.1 Å². The van der Waals surface area contributed by atoms with Crippen molar-refractivity contribution in [3.63, 3.8) is 0 Å². The molecule has 0 fully saturated rings. The molecule has 0 atom stereocenters. The Morgan fingerprint density at radius 1 is 1.15 bits per heavy atom. The van der Waals surface area contributed by atoms with Crippen molar-refractivity contribution < 1.29 is 4.79 Å². The smallest absolute Gasteiger partial charge is 0.257 e. The van der Waals surface area contributed by atoms with Gasteiger partial charge in [0.1, 0.15) is 0 Å². The van der Waals surface area contributed by atoms with E-state index in [2.05, 4.69) is 15.3 Å². The van der Waals surface area contributed by atoms with Gasteiger partial charge in [-0.05, 0) is 44.2 Å². The van der Waals surface area contributed by atoms with Gasteiger partial charge in [0, 0.05) is 46.7 Å². The molecule has 130 valence electrons. The number of hydrogen-bond donors (Lipinski definition) is 1. The summed E-state index contributed by atoms with van der Waals surface area (Å²) in [6, 6.07) is 9.54. The van der Waals surface area contributed by atoms with E-state index in [9.17, 15) is 4.79 Å². The van der Waals surface area contributed by atoms with E-state index >= 15 is 0 Å². The standard InChI is InChI=1S/C19H17N5OS/c1-13-11-17(14(2)24(13)19-21-8-10-26-19)18(25)22-15-3-5-16(6-4-15)23-9-7-20-12-23/h3-12H,1-2H3,(H,22,25). The first kappa shape index (κ1) is 16.3. The number of amides is 1. The van der Waals surface area contributed by atoms with Crippen molar-refractivity contribution in [2.75, 3.05) is 5.32 Å². The molecule has 0 radical (unpaired) electrons. The van der Waals surface area contributed by atoms with Gasteiger partial charge in [-0.15, -0.1) is 11.3 Å². The first-order chi connectivity index (χ1) is 12.6. The Morgan fingerprint density at radius 3 is 2.62 bits per heavy atom. The maximum atomic E-state index is 12.7. The highest BCUT2D eigenvalue weighted by Gasteiger charge is 2.17. The molecule has 0 bridgehead atoms. The maximum Gasteiger partial charge on any atom is 0.257 e. The van der Waals surface area contributed by atoms with Crippen molar-refractivity contribution in [1.29, 1.82) is 0 Å². The summed E-state index contributed by atoms with van der Waals surface area (Å²) in [5.41, 5.74) is 4.25. The van der Waals surface area contributed by atoms with Crippen molar-refractivity contribution in [2.24, 2.45) is 0 Å². The van der Waals surface area contributed by atoms with E-state index in [4.69, 9.17) is 0 Å². The van der Waals surface area contributed by atoms with E-state index in [1.54, 1.807) is 30.1 Å². The number of nitrogens with one attached hydrogen (secondary N) is 1. The van der Waals surface area contributed by atoms with E-state index in [-0.39, 0.29) is 5.91 Å². The Kier molecular flexibility index (Phi) is 4.14. The largest absolute Gasteiger partial charge is 0.322 e. The number of carbonyl (C=O) groups excluding carboxylic acids is 1. The molecule has 4 rings (SSSR count). The van der Waals surface area contributed by atoms with Gasteiger partial charge >= 0.3 is 0 Å². The van der Waals surface area contributed by atoms with Crippen LogP contribution in [-0.2, 0) is 0 Å². The van der Waals surface area contributed by atoms with E-state index in [0.29, 0.717) is 5.56 Å². The fourth-order valence-corrected chi connectivity index (χ4v) is 3.69. The summed E-state index contributed by atoms with van der Waals surface area (Å²) >= 11 is 1.55. The first-order valence-corrected chi connectivity index (χ1v) is 9.00. The highest BCUT2D eigenvalue weighted by Crippen LogP contribution is 2.23. The van der Waals surface area contributed by atoms with Crippen molar-refractivity contribution in [3.05, 3.63) is 77.6 Å². The molecule has 1 N–H and O–H groups in total. The van der Waals surface area contributed by atoms with Crippen molar-refractivity contribution >= 4 is 22.9 Å². The second-order valence-electron chi connectivity index (χ2n) is 5.91. The Morgan fingerprint density at radius 2 is 1.96 bits per heavy atom. The van der Waals surface area contributed by atoms with Crippen LogP contribution >= 0.6 is 11.3 Å². The lowest BCUT2D eigenvalue weighted by Crippen LogP contribution is -2.13. The second kappa shape index (κ2) is 6.61. The highest BCUT2D eigenvalue weighted by atomic mass is 32.1. The summed E-state index contributed by atoms with van der Waals surface area (Å²) in [6.07, 6.45) is 7.11. The Labute approximate surface area is 154 Å². The van der Waals surface area contributed by atoms with Gasteiger partial charge in [-0.3, -0.25) is 9.36 Å². The topological polar surface area (TPSA) is 64.7 Å². The number of aryl methyl sites for hydroxylation is 1. The van der Waals surface area contributed by atoms with E-state index in [0.717, 1.165) is 27.9 Å². The van der Waals surface area contributed by atoms with Gasteiger partial charge in [0.05, 0.1) is 11.9 Å². The minimum atomic E-state index is -0.128. The lowest BCUT2D eigenvalue weighted by molar-refractivity contribution is 0.102. The van der Waals surface area contributed by atoms with Crippen LogP contribution in [0.4, 0.5) is 5.69 Å². The van der Waals surface area contributed by atoms with E-state index in [1.807, 2.05) is 64.9 Å². The van der Waals surface area contributed by atoms with Gasteiger partial charge in [-0.2, -0.15) is 0 Å². The summed E-state index contributed by atoms with van der Waals surface area (Å²) < 4.78 is 3.91. The number of nitrogens with zero attached hydrogens (tertiary/aromatic N) is 4. The number of imidazole rings is 1. The van der Waals surface area contributed by atoms with Gasteiger partial charge in [0.25, 0.3) is 5.91 Å². The monoisotopic (exact) mass is 363 g/mol. The van der Waals surface area contributed by atoms with Crippen LogP contribution in [0.2, 0.25) is 0 Å². The third-order valence-electron chi connectivity index (χ3n) is 4.21. The van der Waals surface area contributed by atoms with Crippen molar-refractivity contribution in [2.45, 2.75) is 13.8 Å². The Balaban J connectivity index is 1.56. The number of carbonyl (C=O) groups is 1. The van der Waals surface area contributed by atoms with Crippen LogP contribution in [-0.4, -0.2) is 25.0 Å². The number of rotatable bonds is 4. The third kappa shape index (κ3) is 2.93. The van der Waals surface area contributed by atoms with Crippen LogP contribution in [0.5, 0.6) is 0 Å². The van der Waals surface area contributed by atoms with Crippen LogP contribution in [0.3, 0.4) is 0 Å². The normalized spacial score (nSPS) is 10.8. The quantitative estimate of drug-likeness (QED) is 0.596. The molecule has 6 nitrogen and oxygen atoms in total. The SMILES string of the molecule is Cc1cc(C(=O)Nc2ccc(-n3ccnc3)cc2)c(C)n1-c1nccs1. The van der Waals surface area contributed by atoms with E-state index < -0.39 is 0 Å². The number of benzene rings is 1. The van der Waals surface area contributed by atoms with Crippen molar-refractivity contribution in [3.8, 4) is 10.8 Å². The lowest BCUT2D eigenvalue weighted by Gasteiger charge is -2.08. The average Bonchev–Trinajstić information content (AvgIpc) is 3.37. The lowest BCUT2D eigenvalue weighted by atomic mass is 10.2. The molecule has 0 aliphatic carbocycles. The van der Waals surface area contributed by atoms with Crippen LogP contribution in [0.25, 0.3) is 10.8 Å². The summed E-state index contributed by atoms with van der Waals surface area (Å²) in [6.45, 7) is 3.91. The zero-order valence-electron chi connectivity index (χ0n) is 14.4. The van der Waals surface area contributed by atoms with Crippen LogP contribution in [0.15, 0.2) is 60.6 Å². The molecular weight excluding hydrogens is 346 g/mol. The number of thiazole rings is 1. The van der Waals surface area contributed by atoms with Gasteiger partial charge in [-0.25, -0.2) is 9.97 Å². The average molecular weight is 363 g/mol. The second-order valence-corrected chi connectivity index (χ2v) is 6.78. The summed E-state index contributed by atoms with van der Waals surface area (Å²) in [5.74, 6) is -0.128. The minimum Gasteiger partial charge on any atom is -0.322 e. The van der Waals surface area contributed by atoms with Crippen LogP contribution in [0.1, 0.15) is 21.7 Å². The predicted molar refractivity (Wildman–Crippen MR) is 102 cm³/mol. The third-order valence-corrected chi connectivity index (χ3v) is 4.97. The molecule has 0 aliphatic heterocycles. The molecule has 0 saturated carbocycles. The molecule has 0 saturated heterocycles.